The predicted molar refractivity (Wildman–Crippen MR) is 93.1 cm³/mol. The molecule has 6 heteroatoms. The van der Waals surface area contributed by atoms with Crippen LogP contribution in [-0.4, -0.2) is 14.6 Å². The van der Waals surface area contributed by atoms with Gasteiger partial charge < -0.3 is 5.32 Å². The topological polar surface area (TPSA) is 42.2 Å². The van der Waals surface area contributed by atoms with Crippen LogP contribution in [0.25, 0.3) is 16.9 Å². The molecule has 0 atom stereocenters. The zero-order valence-electron chi connectivity index (χ0n) is 12.4. The molecule has 2 heterocycles. The molecular formula is C18H12ClFN4. The van der Waals surface area contributed by atoms with Crippen LogP contribution in [0.15, 0.2) is 66.9 Å². The molecule has 118 valence electrons. The molecule has 2 aromatic carbocycles. The minimum absolute atomic E-state index is 0.337. The maximum atomic E-state index is 14.1. The maximum Gasteiger partial charge on any atom is 0.176 e. The molecule has 4 nitrogen and oxygen atoms in total. The van der Waals surface area contributed by atoms with Crippen molar-refractivity contribution in [3.63, 3.8) is 0 Å². The Morgan fingerprint density at radius 3 is 2.54 bits per heavy atom. The van der Waals surface area contributed by atoms with Gasteiger partial charge in [-0.15, -0.1) is 0 Å². The number of hydrogen-bond donors (Lipinski definition) is 1. The van der Waals surface area contributed by atoms with Gasteiger partial charge in [0.25, 0.3) is 0 Å². The van der Waals surface area contributed by atoms with Gasteiger partial charge in [0.1, 0.15) is 16.7 Å². The molecule has 4 aromatic rings. The van der Waals surface area contributed by atoms with Crippen molar-refractivity contribution in [3.8, 4) is 11.3 Å². The SMILES string of the molecule is Fc1ccccc1-c1cc(Nc2ccccc2)n2ncc(Cl)c2n1. The van der Waals surface area contributed by atoms with Gasteiger partial charge in [0.05, 0.1) is 11.9 Å². The van der Waals surface area contributed by atoms with E-state index in [9.17, 15) is 4.39 Å². The Balaban J connectivity index is 1.90. The first-order valence-corrected chi connectivity index (χ1v) is 7.71. The zero-order valence-corrected chi connectivity index (χ0v) is 13.2. The normalized spacial score (nSPS) is 10.9. The second-order valence-electron chi connectivity index (χ2n) is 5.23. The molecule has 0 saturated heterocycles. The Hall–Kier alpha value is -2.92. The lowest BCUT2D eigenvalue weighted by Crippen LogP contribution is -2.02. The lowest BCUT2D eigenvalue weighted by molar-refractivity contribution is 0.630. The van der Waals surface area contributed by atoms with Crippen molar-refractivity contribution in [2.45, 2.75) is 0 Å². The third-order valence-electron chi connectivity index (χ3n) is 3.62. The summed E-state index contributed by atoms with van der Waals surface area (Å²) in [5, 5.41) is 7.91. The van der Waals surface area contributed by atoms with E-state index in [0.29, 0.717) is 27.7 Å². The molecule has 0 aliphatic rings. The van der Waals surface area contributed by atoms with E-state index in [2.05, 4.69) is 15.4 Å². The van der Waals surface area contributed by atoms with E-state index in [4.69, 9.17) is 11.6 Å². The van der Waals surface area contributed by atoms with Crippen molar-refractivity contribution < 1.29 is 4.39 Å². The Bertz CT molecular complexity index is 1010. The molecule has 4 rings (SSSR count). The molecule has 0 radical (unpaired) electrons. The lowest BCUT2D eigenvalue weighted by Gasteiger charge is -2.11. The van der Waals surface area contributed by atoms with Gasteiger partial charge in [0.2, 0.25) is 0 Å². The monoisotopic (exact) mass is 338 g/mol. The molecule has 0 bridgehead atoms. The summed E-state index contributed by atoms with van der Waals surface area (Å²) >= 11 is 6.18. The number of benzene rings is 2. The Morgan fingerprint density at radius 2 is 1.75 bits per heavy atom. The van der Waals surface area contributed by atoms with Crippen LogP contribution >= 0.6 is 11.6 Å². The fourth-order valence-electron chi connectivity index (χ4n) is 2.50. The van der Waals surface area contributed by atoms with Gasteiger partial charge in [-0.1, -0.05) is 41.9 Å². The van der Waals surface area contributed by atoms with E-state index in [1.807, 2.05) is 30.3 Å². The van der Waals surface area contributed by atoms with Gasteiger partial charge in [-0.05, 0) is 24.3 Å². The average molecular weight is 339 g/mol. The second-order valence-corrected chi connectivity index (χ2v) is 5.63. The Morgan fingerprint density at radius 1 is 1.00 bits per heavy atom. The number of para-hydroxylation sites is 1. The standard InChI is InChI=1S/C18H12ClFN4/c19-14-11-21-24-17(22-12-6-2-1-3-7-12)10-16(23-18(14)24)13-8-4-5-9-15(13)20/h1-11,22H. The summed E-state index contributed by atoms with van der Waals surface area (Å²) in [6.45, 7) is 0. The van der Waals surface area contributed by atoms with E-state index < -0.39 is 0 Å². The molecule has 0 aliphatic carbocycles. The fraction of sp³-hybridized carbons (Fsp3) is 0. The largest absolute Gasteiger partial charge is 0.340 e. The van der Waals surface area contributed by atoms with Crippen molar-refractivity contribution in [3.05, 3.63) is 77.7 Å². The predicted octanol–water partition coefficient (Wildman–Crippen LogP) is 4.93. The number of halogens is 2. The number of nitrogens with zero attached hydrogens (tertiary/aromatic N) is 3. The van der Waals surface area contributed by atoms with Gasteiger partial charge in [-0.2, -0.15) is 9.61 Å². The third-order valence-corrected chi connectivity index (χ3v) is 3.89. The number of nitrogens with one attached hydrogen (secondary N) is 1. The number of fused-ring (bicyclic) bond motifs is 1. The van der Waals surface area contributed by atoms with Crippen LogP contribution in [0.3, 0.4) is 0 Å². The number of aromatic nitrogens is 3. The highest BCUT2D eigenvalue weighted by Crippen LogP contribution is 2.28. The highest BCUT2D eigenvalue weighted by molar-refractivity contribution is 6.33. The highest BCUT2D eigenvalue weighted by atomic mass is 35.5. The quantitative estimate of drug-likeness (QED) is 0.575. The van der Waals surface area contributed by atoms with Gasteiger partial charge in [-0.25, -0.2) is 9.37 Å². The van der Waals surface area contributed by atoms with Crippen LogP contribution in [0.4, 0.5) is 15.9 Å². The van der Waals surface area contributed by atoms with Crippen molar-refractivity contribution in [2.24, 2.45) is 0 Å². The summed E-state index contributed by atoms with van der Waals surface area (Å²) in [5.41, 5.74) is 2.25. The van der Waals surface area contributed by atoms with Crippen LogP contribution in [0.2, 0.25) is 5.02 Å². The van der Waals surface area contributed by atoms with Crippen LogP contribution in [0.1, 0.15) is 0 Å². The van der Waals surface area contributed by atoms with Crippen molar-refractivity contribution >= 4 is 28.8 Å². The fourth-order valence-corrected chi connectivity index (χ4v) is 2.67. The number of anilines is 2. The Kier molecular flexibility index (Phi) is 3.63. The van der Waals surface area contributed by atoms with E-state index in [0.717, 1.165) is 5.69 Å². The lowest BCUT2D eigenvalue weighted by atomic mass is 10.1. The van der Waals surface area contributed by atoms with Gasteiger partial charge in [0.15, 0.2) is 5.65 Å². The smallest absolute Gasteiger partial charge is 0.176 e. The minimum atomic E-state index is -0.337. The summed E-state index contributed by atoms with van der Waals surface area (Å²) in [5.74, 6) is 0.312. The number of hydrogen-bond acceptors (Lipinski definition) is 3. The summed E-state index contributed by atoms with van der Waals surface area (Å²) in [4.78, 5) is 4.46. The molecule has 0 aliphatic heterocycles. The first kappa shape index (κ1) is 14.7. The highest BCUT2D eigenvalue weighted by Gasteiger charge is 2.14. The maximum absolute atomic E-state index is 14.1. The molecule has 0 amide bonds. The molecule has 0 saturated carbocycles. The molecule has 2 aromatic heterocycles. The average Bonchev–Trinajstić information content (AvgIpc) is 2.98. The van der Waals surface area contributed by atoms with Crippen LogP contribution in [0, 0.1) is 5.82 Å². The van der Waals surface area contributed by atoms with E-state index in [1.165, 1.54) is 12.3 Å². The Labute approximate surface area is 142 Å². The van der Waals surface area contributed by atoms with Crippen LogP contribution < -0.4 is 5.32 Å². The molecular weight excluding hydrogens is 327 g/mol. The van der Waals surface area contributed by atoms with E-state index in [1.54, 1.807) is 28.8 Å². The van der Waals surface area contributed by atoms with Crippen molar-refractivity contribution in [1.29, 1.82) is 0 Å². The van der Waals surface area contributed by atoms with Crippen molar-refractivity contribution in [1.82, 2.24) is 14.6 Å². The molecule has 0 spiro atoms. The van der Waals surface area contributed by atoms with Crippen LogP contribution in [-0.2, 0) is 0 Å². The first-order valence-electron chi connectivity index (χ1n) is 7.33. The van der Waals surface area contributed by atoms with Crippen LogP contribution in [0.5, 0.6) is 0 Å². The molecule has 0 unspecified atom stereocenters. The van der Waals surface area contributed by atoms with Crippen molar-refractivity contribution in [2.75, 3.05) is 5.32 Å². The van der Waals surface area contributed by atoms with Gasteiger partial charge in [-0.3, -0.25) is 0 Å². The second kappa shape index (κ2) is 5.94. The zero-order chi connectivity index (χ0) is 16.5. The summed E-state index contributed by atoms with van der Waals surface area (Å²) in [7, 11) is 0. The van der Waals surface area contributed by atoms with E-state index in [-0.39, 0.29) is 5.82 Å². The summed E-state index contributed by atoms with van der Waals surface area (Å²) in [6.07, 6.45) is 1.52. The summed E-state index contributed by atoms with van der Waals surface area (Å²) < 4.78 is 15.7. The van der Waals surface area contributed by atoms with E-state index >= 15 is 0 Å². The molecule has 24 heavy (non-hydrogen) atoms. The first-order chi connectivity index (χ1) is 11.7. The summed E-state index contributed by atoms with van der Waals surface area (Å²) in [6, 6.07) is 17.9. The molecule has 0 fully saturated rings. The van der Waals surface area contributed by atoms with Gasteiger partial charge in [0, 0.05) is 17.3 Å². The number of rotatable bonds is 3. The minimum Gasteiger partial charge on any atom is -0.340 e. The van der Waals surface area contributed by atoms with Gasteiger partial charge >= 0.3 is 0 Å². The third kappa shape index (κ3) is 2.59. The molecule has 1 N–H and O–H groups in total.